The highest BCUT2D eigenvalue weighted by atomic mass is 32.2. The SMILES string of the molecule is COc1ccc2ccccc2c1/C=N\NC(=O)CSc1cc(C)c2ccccc2n1. The molecule has 150 valence electrons. The van der Waals surface area contributed by atoms with Crippen LogP contribution in [0.1, 0.15) is 11.1 Å². The molecular formula is C24H21N3O2S. The van der Waals surface area contributed by atoms with Gasteiger partial charge in [0.25, 0.3) is 0 Å². The van der Waals surface area contributed by atoms with Crippen LogP contribution in [0.5, 0.6) is 5.75 Å². The molecule has 0 saturated heterocycles. The van der Waals surface area contributed by atoms with E-state index in [9.17, 15) is 4.79 Å². The molecule has 0 aliphatic carbocycles. The van der Waals surface area contributed by atoms with Crippen molar-refractivity contribution in [2.75, 3.05) is 12.9 Å². The van der Waals surface area contributed by atoms with Crippen molar-refractivity contribution in [3.63, 3.8) is 0 Å². The Balaban J connectivity index is 1.43. The number of carbonyl (C=O) groups excluding carboxylic acids is 1. The number of aryl methyl sites for hydroxylation is 1. The maximum absolute atomic E-state index is 12.3. The van der Waals surface area contributed by atoms with Crippen molar-refractivity contribution in [3.05, 3.63) is 77.9 Å². The topological polar surface area (TPSA) is 63.6 Å². The van der Waals surface area contributed by atoms with Crippen molar-refractivity contribution >= 4 is 45.6 Å². The summed E-state index contributed by atoms with van der Waals surface area (Å²) in [6.07, 6.45) is 1.63. The number of thioether (sulfide) groups is 1. The van der Waals surface area contributed by atoms with Gasteiger partial charge in [0.1, 0.15) is 5.75 Å². The van der Waals surface area contributed by atoms with Crippen molar-refractivity contribution in [2.45, 2.75) is 11.9 Å². The predicted molar refractivity (Wildman–Crippen MR) is 123 cm³/mol. The van der Waals surface area contributed by atoms with Crippen LogP contribution in [0.15, 0.2) is 76.9 Å². The summed E-state index contributed by atoms with van der Waals surface area (Å²) < 4.78 is 5.45. The average Bonchev–Trinajstić information content (AvgIpc) is 2.78. The van der Waals surface area contributed by atoms with Gasteiger partial charge in [-0.1, -0.05) is 60.3 Å². The zero-order chi connectivity index (χ0) is 20.9. The summed E-state index contributed by atoms with van der Waals surface area (Å²) in [6.45, 7) is 2.05. The number of benzene rings is 3. The summed E-state index contributed by atoms with van der Waals surface area (Å²) in [5.41, 5.74) is 5.50. The van der Waals surface area contributed by atoms with E-state index in [-0.39, 0.29) is 11.7 Å². The molecule has 30 heavy (non-hydrogen) atoms. The first-order valence-electron chi connectivity index (χ1n) is 9.52. The van der Waals surface area contributed by atoms with E-state index in [1.165, 1.54) is 11.8 Å². The number of nitrogens with zero attached hydrogens (tertiary/aromatic N) is 2. The molecule has 4 rings (SSSR count). The fourth-order valence-electron chi connectivity index (χ4n) is 3.32. The van der Waals surface area contributed by atoms with E-state index in [0.717, 1.165) is 37.8 Å². The number of ether oxygens (including phenoxy) is 1. The van der Waals surface area contributed by atoms with Crippen LogP contribution in [0.4, 0.5) is 0 Å². The van der Waals surface area contributed by atoms with Gasteiger partial charge in [0.2, 0.25) is 5.91 Å². The van der Waals surface area contributed by atoms with E-state index in [4.69, 9.17) is 4.74 Å². The highest BCUT2D eigenvalue weighted by molar-refractivity contribution is 7.99. The Labute approximate surface area is 179 Å². The van der Waals surface area contributed by atoms with Crippen LogP contribution in [-0.2, 0) is 4.79 Å². The first kappa shape index (κ1) is 19.9. The zero-order valence-electron chi connectivity index (χ0n) is 16.8. The molecule has 0 spiro atoms. The molecule has 1 amide bonds. The maximum Gasteiger partial charge on any atom is 0.250 e. The first-order valence-corrected chi connectivity index (χ1v) is 10.5. The van der Waals surface area contributed by atoms with Crippen molar-refractivity contribution in [1.82, 2.24) is 10.4 Å². The Morgan fingerprint density at radius 3 is 2.70 bits per heavy atom. The minimum atomic E-state index is -0.192. The second-order valence-electron chi connectivity index (χ2n) is 6.78. The molecule has 1 N–H and O–H groups in total. The molecule has 0 unspecified atom stereocenters. The Morgan fingerprint density at radius 1 is 1.10 bits per heavy atom. The lowest BCUT2D eigenvalue weighted by atomic mass is 10.0. The molecule has 0 fully saturated rings. The van der Waals surface area contributed by atoms with E-state index in [1.807, 2.05) is 60.7 Å². The number of carbonyl (C=O) groups is 1. The van der Waals surface area contributed by atoms with E-state index in [2.05, 4.69) is 28.5 Å². The van der Waals surface area contributed by atoms with Crippen LogP contribution in [-0.4, -0.2) is 30.0 Å². The van der Waals surface area contributed by atoms with E-state index in [0.29, 0.717) is 5.75 Å². The van der Waals surface area contributed by atoms with Gasteiger partial charge < -0.3 is 4.74 Å². The van der Waals surface area contributed by atoms with Gasteiger partial charge in [0.05, 0.1) is 29.6 Å². The molecule has 4 aromatic rings. The summed E-state index contributed by atoms with van der Waals surface area (Å²) in [4.78, 5) is 16.9. The van der Waals surface area contributed by atoms with Gasteiger partial charge in [-0.05, 0) is 41.5 Å². The number of hydrazone groups is 1. The number of pyridine rings is 1. The summed E-state index contributed by atoms with van der Waals surface area (Å²) in [7, 11) is 1.62. The second-order valence-corrected chi connectivity index (χ2v) is 7.77. The summed E-state index contributed by atoms with van der Waals surface area (Å²) in [6, 6.07) is 21.9. The van der Waals surface area contributed by atoms with Gasteiger partial charge in [-0.2, -0.15) is 5.10 Å². The number of amides is 1. The lowest BCUT2D eigenvalue weighted by molar-refractivity contribution is -0.118. The van der Waals surface area contributed by atoms with Crippen molar-refractivity contribution in [3.8, 4) is 5.75 Å². The first-order chi connectivity index (χ1) is 14.7. The molecule has 5 nitrogen and oxygen atoms in total. The fraction of sp³-hybridized carbons (Fsp3) is 0.125. The quantitative estimate of drug-likeness (QED) is 0.275. The average molecular weight is 416 g/mol. The molecule has 0 aliphatic heterocycles. The van der Waals surface area contributed by atoms with E-state index >= 15 is 0 Å². The van der Waals surface area contributed by atoms with Crippen molar-refractivity contribution in [2.24, 2.45) is 5.10 Å². The molecule has 1 aromatic heterocycles. The van der Waals surface area contributed by atoms with Crippen LogP contribution < -0.4 is 10.2 Å². The Bertz CT molecular complexity index is 1250. The Hall–Kier alpha value is -3.38. The number of rotatable bonds is 6. The lowest BCUT2D eigenvalue weighted by Gasteiger charge is -2.08. The van der Waals surface area contributed by atoms with Gasteiger partial charge in [-0.25, -0.2) is 10.4 Å². The van der Waals surface area contributed by atoms with Crippen LogP contribution in [0.25, 0.3) is 21.7 Å². The molecular weight excluding hydrogens is 394 g/mol. The van der Waals surface area contributed by atoms with Gasteiger partial charge in [-0.15, -0.1) is 0 Å². The number of methoxy groups -OCH3 is 1. The molecule has 6 heteroatoms. The van der Waals surface area contributed by atoms with Gasteiger partial charge >= 0.3 is 0 Å². The third-order valence-electron chi connectivity index (χ3n) is 4.78. The summed E-state index contributed by atoms with van der Waals surface area (Å²) in [5.74, 6) is 0.745. The molecule has 3 aromatic carbocycles. The molecule has 0 atom stereocenters. The minimum absolute atomic E-state index is 0.192. The van der Waals surface area contributed by atoms with Crippen LogP contribution in [0.3, 0.4) is 0 Å². The Morgan fingerprint density at radius 2 is 1.87 bits per heavy atom. The van der Waals surface area contributed by atoms with Gasteiger partial charge in [0, 0.05) is 10.9 Å². The third-order valence-corrected chi connectivity index (χ3v) is 5.70. The third kappa shape index (κ3) is 4.28. The monoisotopic (exact) mass is 415 g/mol. The molecule has 0 aliphatic rings. The van der Waals surface area contributed by atoms with E-state index in [1.54, 1.807) is 13.3 Å². The van der Waals surface area contributed by atoms with Crippen molar-refractivity contribution in [1.29, 1.82) is 0 Å². The lowest BCUT2D eigenvalue weighted by Crippen LogP contribution is -2.19. The number of nitrogens with one attached hydrogen (secondary N) is 1. The number of hydrogen-bond acceptors (Lipinski definition) is 5. The second kappa shape index (κ2) is 8.97. The number of aromatic nitrogens is 1. The number of hydrogen-bond donors (Lipinski definition) is 1. The highest BCUT2D eigenvalue weighted by Gasteiger charge is 2.08. The molecule has 0 saturated carbocycles. The summed E-state index contributed by atoms with van der Waals surface area (Å²) in [5, 5.41) is 8.18. The van der Waals surface area contributed by atoms with Crippen LogP contribution >= 0.6 is 11.8 Å². The smallest absolute Gasteiger partial charge is 0.250 e. The summed E-state index contributed by atoms with van der Waals surface area (Å²) >= 11 is 1.39. The Kier molecular flexibility index (Phi) is 5.95. The van der Waals surface area contributed by atoms with E-state index < -0.39 is 0 Å². The highest BCUT2D eigenvalue weighted by Crippen LogP contribution is 2.26. The van der Waals surface area contributed by atoms with Crippen LogP contribution in [0.2, 0.25) is 0 Å². The molecule has 0 radical (unpaired) electrons. The fourth-order valence-corrected chi connectivity index (χ4v) is 4.09. The van der Waals surface area contributed by atoms with Crippen molar-refractivity contribution < 1.29 is 9.53 Å². The normalized spacial score (nSPS) is 11.3. The predicted octanol–water partition coefficient (Wildman–Crippen LogP) is 4.95. The van der Waals surface area contributed by atoms with Gasteiger partial charge in [0.15, 0.2) is 0 Å². The number of fused-ring (bicyclic) bond motifs is 2. The largest absolute Gasteiger partial charge is 0.496 e. The zero-order valence-corrected chi connectivity index (χ0v) is 17.6. The van der Waals surface area contributed by atoms with Gasteiger partial charge in [-0.3, -0.25) is 4.79 Å². The molecule has 0 bridgehead atoms. The standard InChI is InChI=1S/C24H21N3O2S/c1-16-13-24(26-21-10-6-5-8-18(16)21)30-15-23(28)27-25-14-20-19-9-4-3-7-17(19)11-12-22(20)29-2/h3-14H,15H2,1-2H3,(H,27,28)/b25-14-. The maximum atomic E-state index is 12.3. The molecule has 1 heterocycles. The number of para-hydroxylation sites is 1. The minimum Gasteiger partial charge on any atom is -0.496 e. The van der Waals surface area contributed by atoms with Crippen LogP contribution in [0, 0.1) is 6.92 Å².